The van der Waals surface area contributed by atoms with Gasteiger partial charge in [0.1, 0.15) is 18.1 Å². The van der Waals surface area contributed by atoms with Crippen molar-refractivity contribution in [3.8, 4) is 0 Å². The molecule has 0 aliphatic heterocycles. The number of carboxylic acid groups (broad SMARTS) is 1. The van der Waals surface area contributed by atoms with Crippen molar-refractivity contribution in [1.82, 2.24) is 20.9 Å². The maximum atomic E-state index is 12.9. The highest BCUT2D eigenvalue weighted by molar-refractivity contribution is 5.94. The number of H-pyrrole nitrogens is 1. The van der Waals surface area contributed by atoms with Crippen LogP contribution in [0.25, 0.3) is 10.9 Å². The van der Waals surface area contributed by atoms with Gasteiger partial charge in [-0.05, 0) is 17.2 Å². The Hall–Kier alpha value is -4.22. The van der Waals surface area contributed by atoms with Crippen molar-refractivity contribution < 1.29 is 29.4 Å². The first-order valence-corrected chi connectivity index (χ1v) is 11.3. The average Bonchev–Trinajstić information content (AvgIpc) is 3.29. The molecule has 11 heteroatoms. The average molecular weight is 496 g/mol. The molecular formula is C25H29N5O6. The van der Waals surface area contributed by atoms with Crippen molar-refractivity contribution in [3.63, 3.8) is 0 Å². The first kappa shape index (κ1) is 26.4. The Labute approximate surface area is 207 Å². The lowest BCUT2D eigenvalue weighted by Gasteiger charge is -2.23. The second-order valence-corrected chi connectivity index (χ2v) is 8.22. The third-order valence-corrected chi connectivity index (χ3v) is 5.65. The minimum absolute atomic E-state index is 0.0135. The van der Waals surface area contributed by atoms with Crippen LogP contribution in [0, 0.1) is 0 Å². The first-order chi connectivity index (χ1) is 17.3. The molecule has 0 bridgehead atoms. The molecule has 8 N–H and O–H groups in total. The highest BCUT2D eigenvalue weighted by Gasteiger charge is 2.29. The van der Waals surface area contributed by atoms with Gasteiger partial charge in [0, 0.05) is 29.9 Å². The maximum Gasteiger partial charge on any atom is 0.326 e. The Bertz CT molecular complexity index is 1210. The molecule has 2 aromatic carbocycles. The van der Waals surface area contributed by atoms with Gasteiger partial charge in [-0.2, -0.15) is 0 Å². The van der Waals surface area contributed by atoms with Gasteiger partial charge in [-0.15, -0.1) is 0 Å². The predicted molar refractivity (Wildman–Crippen MR) is 132 cm³/mol. The predicted octanol–water partition coefficient (Wildman–Crippen LogP) is -0.557. The van der Waals surface area contributed by atoms with Crippen molar-refractivity contribution >= 4 is 34.6 Å². The summed E-state index contributed by atoms with van der Waals surface area (Å²) < 4.78 is 0. The van der Waals surface area contributed by atoms with Gasteiger partial charge in [-0.25, -0.2) is 4.79 Å². The van der Waals surface area contributed by atoms with Crippen LogP contribution in [0.4, 0.5) is 0 Å². The summed E-state index contributed by atoms with van der Waals surface area (Å²) in [6, 6.07) is 12.4. The minimum atomic E-state index is -1.43. The lowest BCUT2D eigenvalue weighted by atomic mass is 10.0. The van der Waals surface area contributed by atoms with Gasteiger partial charge in [0.25, 0.3) is 0 Å². The number of carboxylic acids is 1. The molecule has 0 fully saturated rings. The molecular weight excluding hydrogens is 466 g/mol. The Morgan fingerprint density at radius 1 is 0.833 bits per heavy atom. The van der Waals surface area contributed by atoms with Gasteiger partial charge < -0.3 is 36.9 Å². The van der Waals surface area contributed by atoms with Gasteiger partial charge in [-0.3, -0.25) is 14.4 Å². The number of fused-ring (bicyclic) bond motifs is 1. The molecule has 11 nitrogen and oxygen atoms in total. The second-order valence-electron chi connectivity index (χ2n) is 8.22. The van der Waals surface area contributed by atoms with Gasteiger partial charge in [0.2, 0.25) is 17.7 Å². The Morgan fingerprint density at radius 2 is 1.47 bits per heavy atom. The number of aliphatic hydroxyl groups excluding tert-OH is 1. The molecule has 3 amide bonds. The lowest BCUT2D eigenvalue weighted by molar-refractivity contribution is -0.142. The number of nitrogens with two attached hydrogens (primary N) is 1. The molecule has 0 radical (unpaired) electrons. The van der Waals surface area contributed by atoms with E-state index >= 15 is 0 Å². The quantitative estimate of drug-likeness (QED) is 0.175. The smallest absolute Gasteiger partial charge is 0.326 e. The standard InChI is InChI=1S/C25H29N5O6/c26-12-22(32)28-19(10-15-6-2-1-3-7-15)23(33)30-21(14-31)24(34)29-20(25(35)36)11-16-13-27-18-9-5-4-8-17(16)18/h1-9,13,19-21,27,31H,10-12,14,26H2,(H,28,32)(H,29,34)(H,30,33)(H,35,36). The van der Waals surface area contributed by atoms with E-state index in [0.29, 0.717) is 5.56 Å². The molecule has 3 rings (SSSR count). The van der Waals surface area contributed by atoms with Crippen LogP contribution >= 0.6 is 0 Å². The van der Waals surface area contributed by atoms with Crippen molar-refractivity contribution in [2.45, 2.75) is 31.0 Å². The molecule has 36 heavy (non-hydrogen) atoms. The van der Waals surface area contributed by atoms with Crippen LogP contribution in [0.5, 0.6) is 0 Å². The number of aromatic nitrogens is 1. The molecule has 3 unspecified atom stereocenters. The molecule has 1 heterocycles. The highest BCUT2D eigenvalue weighted by atomic mass is 16.4. The molecule has 0 saturated heterocycles. The van der Waals surface area contributed by atoms with E-state index in [1.807, 2.05) is 24.3 Å². The van der Waals surface area contributed by atoms with Crippen LogP contribution in [-0.4, -0.2) is 70.2 Å². The van der Waals surface area contributed by atoms with Crippen LogP contribution in [0.15, 0.2) is 60.8 Å². The SMILES string of the molecule is NCC(=O)NC(Cc1ccccc1)C(=O)NC(CO)C(=O)NC(Cc1c[nH]c2ccccc12)C(=O)O. The van der Waals surface area contributed by atoms with E-state index in [0.717, 1.165) is 16.5 Å². The summed E-state index contributed by atoms with van der Waals surface area (Å²) in [5.74, 6) is -3.44. The molecule has 3 aromatic rings. The summed E-state index contributed by atoms with van der Waals surface area (Å²) in [4.78, 5) is 52.5. The number of carbonyl (C=O) groups is 4. The van der Waals surface area contributed by atoms with Gasteiger partial charge in [-0.1, -0.05) is 48.5 Å². The number of aliphatic carboxylic acids is 1. The van der Waals surface area contributed by atoms with E-state index in [2.05, 4.69) is 20.9 Å². The molecule has 3 atom stereocenters. The maximum absolute atomic E-state index is 12.9. The third kappa shape index (κ3) is 6.90. The number of nitrogens with one attached hydrogen (secondary N) is 4. The molecule has 190 valence electrons. The zero-order chi connectivity index (χ0) is 26.1. The van der Waals surface area contributed by atoms with Gasteiger partial charge in [0.15, 0.2) is 0 Å². The van der Waals surface area contributed by atoms with Crippen molar-refractivity contribution in [1.29, 1.82) is 0 Å². The van der Waals surface area contributed by atoms with Crippen LogP contribution < -0.4 is 21.7 Å². The number of amides is 3. The minimum Gasteiger partial charge on any atom is -0.480 e. The van der Waals surface area contributed by atoms with Crippen LogP contribution in [0.3, 0.4) is 0 Å². The normalized spacial score (nSPS) is 13.4. The molecule has 0 aliphatic carbocycles. The number of para-hydroxylation sites is 1. The number of aliphatic hydroxyl groups is 1. The molecule has 0 spiro atoms. The van der Waals surface area contributed by atoms with Crippen LogP contribution in [-0.2, 0) is 32.0 Å². The third-order valence-electron chi connectivity index (χ3n) is 5.65. The fourth-order valence-corrected chi connectivity index (χ4v) is 3.77. The zero-order valence-corrected chi connectivity index (χ0v) is 19.4. The Kier molecular flexibility index (Phi) is 9.14. The van der Waals surface area contributed by atoms with Crippen molar-refractivity contribution in [3.05, 3.63) is 71.9 Å². The second kappa shape index (κ2) is 12.5. The van der Waals surface area contributed by atoms with E-state index in [9.17, 15) is 29.4 Å². The number of hydrogen-bond donors (Lipinski definition) is 7. The Morgan fingerprint density at radius 3 is 2.14 bits per heavy atom. The van der Waals surface area contributed by atoms with E-state index in [1.54, 1.807) is 36.5 Å². The monoisotopic (exact) mass is 495 g/mol. The molecule has 0 saturated carbocycles. The van der Waals surface area contributed by atoms with E-state index in [4.69, 9.17) is 5.73 Å². The summed E-state index contributed by atoms with van der Waals surface area (Å²) in [5, 5.41) is 27.5. The zero-order valence-electron chi connectivity index (χ0n) is 19.4. The van der Waals surface area contributed by atoms with Crippen LogP contribution in [0.2, 0.25) is 0 Å². The number of hydrogen-bond acceptors (Lipinski definition) is 6. The summed E-state index contributed by atoms with van der Waals surface area (Å²) in [7, 11) is 0. The summed E-state index contributed by atoms with van der Waals surface area (Å²) >= 11 is 0. The topological polar surface area (TPSA) is 187 Å². The lowest BCUT2D eigenvalue weighted by Crippen LogP contribution is -2.58. The highest BCUT2D eigenvalue weighted by Crippen LogP contribution is 2.19. The van der Waals surface area contributed by atoms with Crippen molar-refractivity contribution in [2.75, 3.05) is 13.2 Å². The van der Waals surface area contributed by atoms with Crippen molar-refractivity contribution in [2.24, 2.45) is 5.73 Å². The van der Waals surface area contributed by atoms with Crippen LogP contribution in [0.1, 0.15) is 11.1 Å². The fourth-order valence-electron chi connectivity index (χ4n) is 3.77. The summed E-state index contributed by atoms with van der Waals surface area (Å²) in [6.07, 6.45) is 1.78. The molecule has 0 aliphatic rings. The van der Waals surface area contributed by atoms with E-state index < -0.39 is 48.4 Å². The van der Waals surface area contributed by atoms with E-state index in [1.165, 1.54) is 0 Å². The number of rotatable bonds is 12. The summed E-state index contributed by atoms with van der Waals surface area (Å²) in [6.45, 7) is -1.11. The fraction of sp³-hybridized carbons (Fsp3) is 0.280. The summed E-state index contributed by atoms with van der Waals surface area (Å²) in [5.41, 5.74) is 7.63. The molecule has 1 aromatic heterocycles. The largest absolute Gasteiger partial charge is 0.480 e. The Balaban J connectivity index is 1.69. The number of aromatic amines is 1. The van der Waals surface area contributed by atoms with Gasteiger partial charge in [0.05, 0.1) is 13.2 Å². The number of benzene rings is 2. The van der Waals surface area contributed by atoms with E-state index in [-0.39, 0.29) is 19.4 Å². The number of carbonyl (C=O) groups excluding carboxylic acids is 3. The van der Waals surface area contributed by atoms with Gasteiger partial charge >= 0.3 is 5.97 Å². The first-order valence-electron chi connectivity index (χ1n) is 11.3.